The molecule has 0 aliphatic heterocycles. The summed E-state index contributed by atoms with van der Waals surface area (Å²) >= 11 is 5.88. The molecular weight excluding hydrogens is 236 g/mol. The quantitative estimate of drug-likeness (QED) is 0.576. The number of rotatable bonds is 3. The molecule has 0 aliphatic carbocycles. The van der Waals surface area contributed by atoms with Gasteiger partial charge in [0.25, 0.3) is 0 Å². The fourth-order valence-corrected chi connectivity index (χ4v) is 1.50. The summed E-state index contributed by atoms with van der Waals surface area (Å²) in [5.41, 5.74) is 1.83. The first-order valence-electron chi connectivity index (χ1n) is 5.01. The molecule has 0 saturated heterocycles. The molecule has 0 amide bonds. The Morgan fingerprint density at radius 3 is 2.29 bits per heavy atom. The zero-order chi connectivity index (χ0) is 12.1. The summed E-state index contributed by atoms with van der Waals surface area (Å²) in [6, 6.07) is 14.3. The van der Waals surface area contributed by atoms with Gasteiger partial charge in [0, 0.05) is 5.56 Å². The van der Waals surface area contributed by atoms with Crippen molar-refractivity contribution in [3.05, 3.63) is 59.1 Å². The summed E-state index contributed by atoms with van der Waals surface area (Å²) in [4.78, 5) is 10.6. The zero-order valence-electron chi connectivity index (χ0n) is 8.88. The average Bonchev–Trinajstić information content (AvgIpc) is 2.38. The van der Waals surface area contributed by atoms with Gasteiger partial charge in [0.2, 0.25) is 0 Å². The second-order valence-electron chi connectivity index (χ2n) is 3.36. The predicted octanol–water partition coefficient (Wildman–Crippen LogP) is 4.57. The lowest BCUT2D eigenvalue weighted by Crippen LogP contribution is -1.79. The van der Waals surface area contributed by atoms with E-state index in [0.717, 1.165) is 5.69 Å². The molecule has 0 aromatic heterocycles. The maximum Gasteiger partial charge on any atom is 0.151 e. The number of hydrogen-bond donors (Lipinski definition) is 0. The highest BCUT2D eigenvalue weighted by molar-refractivity contribution is 6.33. The van der Waals surface area contributed by atoms with Crippen molar-refractivity contribution >= 4 is 29.3 Å². The second kappa shape index (κ2) is 5.37. The van der Waals surface area contributed by atoms with Crippen LogP contribution in [0.4, 0.5) is 11.4 Å². The van der Waals surface area contributed by atoms with Crippen LogP contribution in [0.25, 0.3) is 0 Å². The first kappa shape index (κ1) is 11.5. The number of carbonyl (C=O) groups is 1. The molecule has 17 heavy (non-hydrogen) atoms. The van der Waals surface area contributed by atoms with E-state index in [0.29, 0.717) is 22.6 Å². The maximum atomic E-state index is 10.6. The average molecular weight is 245 g/mol. The van der Waals surface area contributed by atoms with Crippen molar-refractivity contribution in [3.8, 4) is 0 Å². The van der Waals surface area contributed by atoms with E-state index >= 15 is 0 Å². The molecule has 0 unspecified atom stereocenters. The van der Waals surface area contributed by atoms with E-state index in [2.05, 4.69) is 10.2 Å². The molecule has 2 rings (SSSR count). The van der Waals surface area contributed by atoms with E-state index in [9.17, 15) is 4.79 Å². The highest BCUT2D eigenvalue weighted by Crippen LogP contribution is 2.23. The van der Waals surface area contributed by atoms with Gasteiger partial charge in [-0.25, -0.2) is 0 Å². The molecule has 0 heterocycles. The molecule has 0 spiro atoms. The van der Waals surface area contributed by atoms with E-state index < -0.39 is 0 Å². The van der Waals surface area contributed by atoms with Crippen LogP contribution in [-0.4, -0.2) is 6.29 Å². The lowest BCUT2D eigenvalue weighted by molar-refractivity contribution is 0.112. The van der Waals surface area contributed by atoms with Crippen molar-refractivity contribution in [2.45, 2.75) is 0 Å². The molecule has 0 fully saturated rings. The van der Waals surface area contributed by atoms with Gasteiger partial charge in [0.15, 0.2) is 6.29 Å². The number of nitrogens with zero attached hydrogens (tertiary/aromatic N) is 2. The fourth-order valence-electron chi connectivity index (χ4n) is 1.28. The Balaban J connectivity index is 2.22. The van der Waals surface area contributed by atoms with Crippen molar-refractivity contribution < 1.29 is 4.79 Å². The van der Waals surface area contributed by atoms with Crippen LogP contribution in [0.1, 0.15) is 10.4 Å². The maximum absolute atomic E-state index is 10.6. The normalized spacial score (nSPS) is 10.6. The molecule has 0 saturated carbocycles. The molecule has 84 valence electrons. The van der Waals surface area contributed by atoms with Gasteiger partial charge in [0.05, 0.1) is 16.4 Å². The third-order valence-electron chi connectivity index (χ3n) is 2.15. The van der Waals surface area contributed by atoms with Gasteiger partial charge in [-0.2, -0.15) is 10.2 Å². The summed E-state index contributed by atoms with van der Waals surface area (Å²) in [6.45, 7) is 0. The van der Waals surface area contributed by atoms with E-state index in [1.807, 2.05) is 30.3 Å². The second-order valence-corrected chi connectivity index (χ2v) is 3.77. The van der Waals surface area contributed by atoms with Crippen LogP contribution in [0.5, 0.6) is 0 Å². The van der Waals surface area contributed by atoms with E-state index in [-0.39, 0.29) is 0 Å². The van der Waals surface area contributed by atoms with Crippen LogP contribution >= 0.6 is 11.6 Å². The molecular formula is C13H9ClN2O. The van der Waals surface area contributed by atoms with E-state index in [1.165, 1.54) is 0 Å². The van der Waals surface area contributed by atoms with Gasteiger partial charge in [-0.15, -0.1) is 0 Å². The third-order valence-corrected chi connectivity index (χ3v) is 2.48. The highest BCUT2D eigenvalue weighted by Gasteiger charge is 1.99. The minimum Gasteiger partial charge on any atom is -0.298 e. The number of hydrogen-bond acceptors (Lipinski definition) is 3. The van der Waals surface area contributed by atoms with Crippen LogP contribution in [-0.2, 0) is 0 Å². The molecule has 2 aromatic rings. The number of carbonyl (C=O) groups excluding carboxylic acids is 1. The third kappa shape index (κ3) is 2.98. The fraction of sp³-hybridized carbons (Fsp3) is 0. The van der Waals surface area contributed by atoms with E-state index in [1.54, 1.807) is 18.2 Å². The van der Waals surface area contributed by atoms with Crippen LogP contribution in [0, 0.1) is 0 Å². The lowest BCUT2D eigenvalue weighted by atomic mass is 10.2. The Kier molecular flexibility index (Phi) is 3.62. The van der Waals surface area contributed by atoms with Crippen LogP contribution in [0.15, 0.2) is 58.8 Å². The summed E-state index contributed by atoms with van der Waals surface area (Å²) in [5.74, 6) is 0. The largest absolute Gasteiger partial charge is 0.298 e. The number of benzene rings is 2. The van der Waals surface area contributed by atoms with Gasteiger partial charge in [0.1, 0.15) is 0 Å². The van der Waals surface area contributed by atoms with Gasteiger partial charge in [-0.1, -0.05) is 29.8 Å². The number of halogens is 1. The van der Waals surface area contributed by atoms with Crippen LogP contribution in [0.2, 0.25) is 5.02 Å². The van der Waals surface area contributed by atoms with E-state index in [4.69, 9.17) is 11.6 Å². The summed E-state index contributed by atoms with van der Waals surface area (Å²) in [6.07, 6.45) is 0.709. The van der Waals surface area contributed by atoms with Crippen molar-refractivity contribution in [3.63, 3.8) is 0 Å². The molecule has 0 bridgehead atoms. The smallest absolute Gasteiger partial charge is 0.151 e. The monoisotopic (exact) mass is 244 g/mol. The topological polar surface area (TPSA) is 41.8 Å². The Morgan fingerprint density at radius 2 is 1.65 bits per heavy atom. The highest BCUT2D eigenvalue weighted by atomic mass is 35.5. The zero-order valence-corrected chi connectivity index (χ0v) is 9.63. The molecule has 2 aromatic carbocycles. The Bertz CT molecular complexity index is 553. The number of aldehydes is 1. The Labute approximate surface area is 104 Å². The van der Waals surface area contributed by atoms with Gasteiger partial charge in [-0.3, -0.25) is 4.79 Å². The Hall–Kier alpha value is -2.00. The number of azo groups is 1. The standard InChI is InChI=1S/C13H9ClN2O/c14-13-8-12(7-6-10(13)9-17)16-15-11-4-2-1-3-5-11/h1-9H. The summed E-state index contributed by atoms with van der Waals surface area (Å²) in [5, 5.41) is 8.47. The van der Waals surface area contributed by atoms with Crippen molar-refractivity contribution in [2.24, 2.45) is 10.2 Å². The van der Waals surface area contributed by atoms with Gasteiger partial charge >= 0.3 is 0 Å². The van der Waals surface area contributed by atoms with Crippen LogP contribution in [0.3, 0.4) is 0 Å². The first-order chi connectivity index (χ1) is 8.29. The molecule has 0 aliphatic rings. The predicted molar refractivity (Wildman–Crippen MR) is 67.5 cm³/mol. The molecule has 4 heteroatoms. The summed E-state index contributed by atoms with van der Waals surface area (Å²) in [7, 11) is 0. The minimum atomic E-state index is 0.379. The first-order valence-corrected chi connectivity index (χ1v) is 5.39. The Morgan fingerprint density at radius 1 is 0.941 bits per heavy atom. The molecule has 0 N–H and O–H groups in total. The SMILES string of the molecule is O=Cc1ccc(N=Nc2ccccc2)cc1Cl. The van der Waals surface area contributed by atoms with Gasteiger partial charge < -0.3 is 0 Å². The van der Waals surface area contributed by atoms with Crippen molar-refractivity contribution in [1.82, 2.24) is 0 Å². The molecule has 3 nitrogen and oxygen atoms in total. The van der Waals surface area contributed by atoms with Gasteiger partial charge in [-0.05, 0) is 30.3 Å². The van der Waals surface area contributed by atoms with Crippen molar-refractivity contribution in [2.75, 3.05) is 0 Å². The summed E-state index contributed by atoms with van der Waals surface area (Å²) < 4.78 is 0. The molecule has 0 atom stereocenters. The molecule has 0 radical (unpaired) electrons. The van der Waals surface area contributed by atoms with Crippen LogP contribution < -0.4 is 0 Å². The minimum absolute atomic E-state index is 0.379. The lowest BCUT2D eigenvalue weighted by Gasteiger charge is -1.97. The van der Waals surface area contributed by atoms with Crippen molar-refractivity contribution in [1.29, 1.82) is 0 Å².